The molecule has 1 atom stereocenters. The van der Waals surface area contributed by atoms with Gasteiger partial charge in [0.2, 0.25) is 0 Å². The van der Waals surface area contributed by atoms with Gasteiger partial charge < -0.3 is 4.98 Å². The van der Waals surface area contributed by atoms with Crippen molar-refractivity contribution in [3.05, 3.63) is 54.4 Å². The number of nitrogens with zero attached hydrogens (tertiary/aromatic N) is 1. The number of carbonyl (C=O) groups excluding carboxylic acids is 1. The van der Waals surface area contributed by atoms with Crippen LogP contribution in [0.1, 0.15) is 18.9 Å². The Hall–Kier alpha value is -2.71. The lowest BCUT2D eigenvalue weighted by Gasteiger charge is -2.25. The van der Waals surface area contributed by atoms with Gasteiger partial charge in [-0.15, -0.1) is 0 Å². The fourth-order valence-corrected chi connectivity index (χ4v) is 3.78. The number of pyridine rings is 1. The van der Waals surface area contributed by atoms with Crippen molar-refractivity contribution in [2.24, 2.45) is 0 Å². The van der Waals surface area contributed by atoms with E-state index in [1.54, 1.807) is 6.20 Å². The summed E-state index contributed by atoms with van der Waals surface area (Å²) in [7, 11) is -3.70. The zero-order chi connectivity index (χ0) is 19.7. The van der Waals surface area contributed by atoms with Crippen molar-refractivity contribution in [3.63, 3.8) is 0 Å². The molecule has 0 unspecified atom stereocenters. The maximum absolute atomic E-state index is 12.0. The number of benzene rings is 1. The SMILES string of the molecule is C[C@@](CCc1ccc(-c2cnc3cc[nH]c3c2)cc1)(C(=O)NO)S(C)(=O)=O. The van der Waals surface area contributed by atoms with Crippen molar-refractivity contribution in [3.8, 4) is 11.1 Å². The molecule has 8 heteroatoms. The van der Waals surface area contributed by atoms with Crippen molar-refractivity contribution >= 4 is 26.8 Å². The first-order valence-electron chi connectivity index (χ1n) is 8.41. The van der Waals surface area contributed by atoms with Crippen molar-refractivity contribution in [1.29, 1.82) is 0 Å². The van der Waals surface area contributed by atoms with Crippen molar-refractivity contribution in [1.82, 2.24) is 15.4 Å². The monoisotopic (exact) mass is 387 g/mol. The number of aromatic nitrogens is 2. The molecule has 0 saturated carbocycles. The highest BCUT2D eigenvalue weighted by molar-refractivity contribution is 7.92. The van der Waals surface area contributed by atoms with Crippen LogP contribution in [0.2, 0.25) is 0 Å². The highest BCUT2D eigenvalue weighted by atomic mass is 32.2. The maximum Gasteiger partial charge on any atom is 0.264 e. The van der Waals surface area contributed by atoms with E-state index in [4.69, 9.17) is 5.21 Å². The van der Waals surface area contributed by atoms with Crippen molar-refractivity contribution in [2.45, 2.75) is 24.5 Å². The average Bonchev–Trinajstić information content (AvgIpc) is 3.12. The van der Waals surface area contributed by atoms with Crippen molar-refractivity contribution in [2.75, 3.05) is 6.26 Å². The van der Waals surface area contributed by atoms with Gasteiger partial charge in [0, 0.05) is 24.2 Å². The molecule has 2 aromatic heterocycles. The van der Waals surface area contributed by atoms with Gasteiger partial charge in [-0.25, -0.2) is 13.9 Å². The molecule has 0 spiro atoms. The minimum absolute atomic E-state index is 0.0631. The van der Waals surface area contributed by atoms with E-state index in [0.29, 0.717) is 6.42 Å². The summed E-state index contributed by atoms with van der Waals surface area (Å²) in [5, 5.41) is 8.88. The molecule has 3 rings (SSSR count). The Morgan fingerprint density at radius 2 is 1.93 bits per heavy atom. The molecule has 0 aliphatic rings. The summed E-state index contributed by atoms with van der Waals surface area (Å²) >= 11 is 0. The van der Waals surface area contributed by atoms with Gasteiger partial charge in [0.15, 0.2) is 9.84 Å². The molecular formula is C19H21N3O4S. The van der Waals surface area contributed by atoms with E-state index in [-0.39, 0.29) is 6.42 Å². The first-order valence-corrected chi connectivity index (χ1v) is 10.3. The third kappa shape index (κ3) is 3.72. The molecule has 0 bridgehead atoms. The van der Waals surface area contributed by atoms with Crippen LogP contribution in [0.15, 0.2) is 48.8 Å². The van der Waals surface area contributed by atoms with Crippen LogP contribution in [0, 0.1) is 0 Å². The Morgan fingerprint density at radius 1 is 1.22 bits per heavy atom. The van der Waals surface area contributed by atoms with Crippen LogP contribution >= 0.6 is 0 Å². The number of H-pyrrole nitrogens is 1. The van der Waals surface area contributed by atoms with Gasteiger partial charge in [-0.05, 0) is 43.0 Å². The van der Waals surface area contributed by atoms with Crippen LogP contribution in [-0.4, -0.2) is 40.5 Å². The molecule has 0 fully saturated rings. The van der Waals surface area contributed by atoms with E-state index in [1.807, 2.05) is 42.6 Å². The summed E-state index contributed by atoms with van der Waals surface area (Å²) in [6, 6.07) is 11.6. The van der Waals surface area contributed by atoms with Gasteiger partial charge in [-0.2, -0.15) is 0 Å². The molecule has 3 aromatic rings. The third-order valence-corrected chi connectivity index (χ3v) is 7.00. The van der Waals surface area contributed by atoms with Crippen LogP contribution in [0.3, 0.4) is 0 Å². The van der Waals surface area contributed by atoms with Crippen molar-refractivity contribution < 1.29 is 18.4 Å². The van der Waals surface area contributed by atoms with E-state index in [2.05, 4.69) is 9.97 Å². The molecule has 0 aliphatic carbocycles. The fraction of sp³-hybridized carbons (Fsp3) is 0.263. The summed E-state index contributed by atoms with van der Waals surface area (Å²) in [5.41, 5.74) is 6.17. The number of fused-ring (bicyclic) bond motifs is 1. The lowest BCUT2D eigenvalue weighted by atomic mass is 9.98. The van der Waals surface area contributed by atoms with Crippen LogP contribution in [-0.2, 0) is 21.1 Å². The highest BCUT2D eigenvalue weighted by Gasteiger charge is 2.43. The number of hydroxylamine groups is 1. The van der Waals surface area contributed by atoms with Crippen LogP contribution < -0.4 is 5.48 Å². The maximum atomic E-state index is 12.0. The number of hydrogen-bond donors (Lipinski definition) is 3. The van der Waals surface area contributed by atoms with E-state index in [0.717, 1.165) is 34.0 Å². The zero-order valence-electron chi connectivity index (χ0n) is 15.1. The Kier molecular flexibility index (Phi) is 5.03. The van der Waals surface area contributed by atoms with Gasteiger partial charge in [0.05, 0.1) is 11.0 Å². The van der Waals surface area contributed by atoms with Gasteiger partial charge in [0.25, 0.3) is 5.91 Å². The zero-order valence-corrected chi connectivity index (χ0v) is 15.9. The predicted octanol–water partition coefficient (Wildman–Crippen LogP) is 2.47. The third-order valence-electron chi connectivity index (χ3n) is 4.98. The Morgan fingerprint density at radius 3 is 2.56 bits per heavy atom. The van der Waals surface area contributed by atoms with E-state index in [9.17, 15) is 13.2 Å². The lowest BCUT2D eigenvalue weighted by Crippen LogP contribution is -2.49. The standard InChI is InChI=1S/C19H21N3O4S/c1-19(18(23)22-24,27(2,25)26)9-7-13-3-5-14(6-4-13)15-11-17-16(21-12-15)8-10-20-17/h3-6,8,10-12,20,24H,7,9H2,1-2H3,(H,22,23)/t19-/m1/s1. The number of amides is 1. The van der Waals surface area contributed by atoms with Gasteiger partial charge >= 0.3 is 0 Å². The van der Waals surface area contributed by atoms with Crippen LogP contribution in [0.25, 0.3) is 22.2 Å². The molecule has 0 saturated heterocycles. The molecule has 7 nitrogen and oxygen atoms in total. The minimum atomic E-state index is -3.70. The molecule has 27 heavy (non-hydrogen) atoms. The van der Waals surface area contributed by atoms with Gasteiger partial charge in [-0.3, -0.25) is 15.0 Å². The van der Waals surface area contributed by atoms with Crippen LogP contribution in [0.4, 0.5) is 0 Å². The fourth-order valence-electron chi connectivity index (χ4n) is 2.92. The number of aromatic amines is 1. The summed E-state index contributed by atoms with van der Waals surface area (Å²) in [6.45, 7) is 1.32. The second-order valence-electron chi connectivity index (χ2n) is 6.78. The molecule has 0 radical (unpaired) electrons. The van der Waals surface area contributed by atoms with Gasteiger partial charge in [-0.1, -0.05) is 24.3 Å². The molecule has 0 aliphatic heterocycles. The Bertz CT molecular complexity index is 1070. The van der Waals surface area contributed by atoms with E-state index < -0.39 is 20.5 Å². The van der Waals surface area contributed by atoms with Gasteiger partial charge in [0.1, 0.15) is 4.75 Å². The molecular weight excluding hydrogens is 366 g/mol. The number of rotatable bonds is 6. The minimum Gasteiger partial charge on any atom is -0.360 e. The second-order valence-corrected chi connectivity index (χ2v) is 9.22. The summed E-state index contributed by atoms with van der Waals surface area (Å²) in [5.74, 6) is -0.924. The number of hydrogen-bond acceptors (Lipinski definition) is 5. The largest absolute Gasteiger partial charge is 0.360 e. The normalized spacial score (nSPS) is 14.0. The molecule has 1 aromatic carbocycles. The lowest BCUT2D eigenvalue weighted by molar-refractivity contribution is -0.131. The van der Waals surface area contributed by atoms with Crippen LogP contribution in [0.5, 0.6) is 0 Å². The van der Waals surface area contributed by atoms with E-state index in [1.165, 1.54) is 12.4 Å². The topological polar surface area (TPSA) is 112 Å². The Balaban J connectivity index is 1.78. The first-order chi connectivity index (χ1) is 12.7. The molecule has 142 valence electrons. The summed E-state index contributed by atoms with van der Waals surface area (Å²) in [6.07, 6.45) is 5.08. The quantitative estimate of drug-likeness (QED) is 0.444. The highest BCUT2D eigenvalue weighted by Crippen LogP contribution is 2.26. The second kappa shape index (κ2) is 7.13. The molecule has 2 heterocycles. The summed E-state index contributed by atoms with van der Waals surface area (Å²) < 4.78 is 22.3. The number of aryl methyl sites for hydroxylation is 1. The van der Waals surface area contributed by atoms with E-state index >= 15 is 0 Å². The number of carbonyl (C=O) groups is 1. The molecule has 1 amide bonds. The molecule has 3 N–H and O–H groups in total. The number of sulfone groups is 1. The average molecular weight is 387 g/mol. The first kappa shape index (κ1) is 19.1. The smallest absolute Gasteiger partial charge is 0.264 e. The number of nitrogens with one attached hydrogen (secondary N) is 2. The summed E-state index contributed by atoms with van der Waals surface area (Å²) in [4.78, 5) is 19.4. The Labute approximate surface area is 157 Å². The predicted molar refractivity (Wildman–Crippen MR) is 103 cm³/mol.